The molecular formula is C21H22N4OS. The summed E-state index contributed by atoms with van der Waals surface area (Å²) in [5.74, 6) is 0.588. The summed E-state index contributed by atoms with van der Waals surface area (Å²) in [4.78, 5) is 17.3. The summed E-state index contributed by atoms with van der Waals surface area (Å²) in [6.07, 6.45) is 0. The molecule has 0 atom stereocenters. The number of nitrogens with one attached hydrogen (secondary N) is 2. The van der Waals surface area contributed by atoms with Crippen molar-refractivity contribution >= 4 is 34.7 Å². The van der Waals surface area contributed by atoms with E-state index in [-0.39, 0.29) is 5.78 Å². The van der Waals surface area contributed by atoms with E-state index in [1.807, 2.05) is 44.2 Å². The van der Waals surface area contributed by atoms with Gasteiger partial charge in [-0.15, -0.1) is 0 Å². The predicted octanol–water partition coefficient (Wildman–Crippen LogP) is 4.80. The first kappa shape index (κ1) is 18.8. The lowest BCUT2D eigenvalue weighted by Gasteiger charge is -2.12. The molecule has 0 spiro atoms. The highest BCUT2D eigenvalue weighted by atomic mass is 32.1. The number of hydrogen-bond acceptors (Lipinski definition) is 4. The van der Waals surface area contributed by atoms with Gasteiger partial charge in [-0.3, -0.25) is 10.2 Å². The highest BCUT2D eigenvalue weighted by Gasteiger charge is 2.10. The van der Waals surface area contributed by atoms with Gasteiger partial charge in [0.1, 0.15) is 5.49 Å². The van der Waals surface area contributed by atoms with Gasteiger partial charge in [0.05, 0.1) is 5.69 Å². The maximum atomic E-state index is 11.5. The first-order valence-corrected chi connectivity index (χ1v) is 9.40. The van der Waals surface area contributed by atoms with Gasteiger partial charge in [-0.25, -0.2) is 8.95 Å². The van der Waals surface area contributed by atoms with Crippen LogP contribution in [-0.4, -0.2) is 15.7 Å². The van der Waals surface area contributed by atoms with Crippen LogP contribution in [0.4, 0.5) is 11.4 Å². The van der Waals surface area contributed by atoms with Crippen LogP contribution in [0.15, 0.2) is 53.5 Å². The summed E-state index contributed by atoms with van der Waals surface area (Å²) >= 11 is 1.46. The number of nitrogens with zero attached hydrogens (tertiary/aromatic N) is 2. The number of Topliss-reactive ketones (excluding diaryl/α,β-unsaturated/α-hetero) is 1. The normalized spacial score (nSPS) is 11.5. The topological polar surface area (TPSA) is 70.2 Å². The predicted molar refractivity (Wildman–Crippen MR) is 111 cm³/mol. The van der Waals surface area contributed by atoms with Gasteiger partial charge in [0.25, 0.3) is 0 Å². The molecule has 27 heavy (non-hydrogen) atoms. The maximum absolute atomic E-state index is 11.5. The van der Waals surface area contributed by atoms with Crippen molar-refractivity contribution in [1.82, 2.24) is 3.96 Å². The number of aryl methyl sites for hydroxylation is 2. The number of carbonyl (C=O) groups is 1. The summed E-state index contributed by atoms with van der Waals surface area (Å²) in [5, 5.41) is 11.6. The Labute approximate surface area is 162 Å². The van der Waals surface area contributed by atoms with Crippen molar-refractivity contribution in [2.75, 3.05) is 5.32 Å². The number of hydrogen-bond donors (Lipinski definition) is 2. The third-order valence-corrected chi connectivity index (χ3v) is 5.29. The van der Waals surface area contributed by atoms with Crippen LogP contribution in [-0.2, 0) is 0 Å². The highest BCUT2D eigenvalue weighted by molar-refractivity contribution is 7.07. The van der Waals surface area contributed by atoms with Crippen LogP contribution in [0, 0.1) is 26.2 Å². The molecule has 0 aliphatic carbocycles. The Morgan fingerprint density at radius 1 is 1.11 bits per heavy atom. The van der Waals surface area contributed by atoms with Crippen molar-refractivity contribution in [2.24, 2.45) is 4.99 Å². The molecule has 138 valence electrons. The molecule has 5 nitrogen and oxygen atoms in total. The molecule has 0 aliphatic rings. The number of aliphatic imine (C=N–C) groups is 1. The molecule has 2 aromatic carbocycles. The summed E-state index contributed by atoms with van der Waals surface area (Å²) in [6, 6.07) is 15.1. The Morgan fingerprint density at radius 3 is 2.41 bits per heavy atom. The van der Waals surface area contributed by atoms with Gasteiger partial charge in [0, 0.05) is 16.1 Å². The molecule has 0 saturated heterocycles. The van der Waals surface area contributed by atoms with Gasteiger partial charge in [-0.05, 0) is 75.2 Å². The number of benzene rings is 2. The molecule has 0 saturated carbocycles. The first-order valence-electron chi connectivity index (χ1n) is 8.63. The van der Waals surface area contributed by atoms with E-state index >= 15 is 0 Å². The number of carbonyl (C=O) groups excluding carboxylic acids is 1. The van der Waals surface area contributed by atoms with Gasteiger partial charge in [-0.2, -0.15) is 0 Å². The van der Waals surface area contributed by atoms with E-state index in [0.717, 1.165) is 21.8 Å². The average molecular weight is 379 g/mol. The molecule has 0 aliphatic heterocycles. The van der Waals surface area contributed by atoms with E-state index in [4.69, 9.17) is 10.4 Å². The van der Waals surface area contributed by atoms with Crippen molar-refractivity contribution < 1.29 is 4.79 Å². The van der Waals surface area contributed by atoms with Gasteiger partial charge in [-0.1, -0.05) is 23.7 Å². The number of rotatable bonds is 3. The fourth-order valence-corrected chi connectivity index (χ4v) is 3.42. The summed E-state index contributed by atoms with van der Waals surface area (Å²) in [6.45, 7) is 7.61. The average Bonchev–Trinajstić information content (AvgIpc) is 2.97. The second-order valence-corrected chi connectivity index (χ2v) is 7.63. The molecule has 0 radical (unpaired) electrons. The van der Waals surface area contributed by atoms with Crippen LogP contribution in [0.3, 0.4) is 0 Å². The van der Waals surface area contributed by atoms with Crippen molar-refractivity contribution in [1.29, 1.82) is 5.41 Å². The van der Waals surface area contributed by atoms with Crippen LogP contribution < -0.4 is 10.8 Å². The zero-order chi connectivity index (χ0) is 19.6. The smallest absolute Gasteiger partial charge is 0.223 e. The molecule has 0 unspecified atom stereocenters. The Morgan fingerprint density at radius 2 is 1.81 bits per heavy atom. The van der Waals surface area contributed by atoms with Crippen molar-refractivity contribution in [2.45, 2.75) is 27.7 Å². The Hall–Kier alpha value is -2.99. The lowest BCUT2D eigenvalue weighted by molar-refractivity contribution is 0.101. The van der Waals surface area contributed by atoms with E-state index < -0.39 is 0 Å². The minimum absolute atomic E-state index is 0.0301. The maximum Gasteiger partial charge on any atom is 0.223 e. The van der Waals surface area contributed by atoms with Crippen LogP contribution in [0.1, 0.15) is 33.3 Å². The number of ketones is 1. The fraction of sp³-hybridized carbons (Fsp3) is 0.190. The Balaban J connectivity index is 2.06. The van der Waals surface area contributed by atoms with E-state index in [1.54, 1.807) is 23.0 Å². The van der Waals surface area contributed by atoms with E-state index in [9.17, 15) is 4.79 Å². The van der Waals surface area contributed by atoms with Crippen molar-refractivity contribution in [3.63, 3.8) is 0 Å². The van der Waals surface area contributed by atoms with Crippen molar-refractivity contribution in [3.8, 4) is 0 Å². The zero-order valence-electron chi connectivity index (χ0n) is 15.8. The van der Waals surface area contributed by atoms with E-state index in [1.165, 1.54) is 17.1 Å². The van der Waals surface area contributed by atoms with Crippen LogP contribution >= 0.6 is 11.5 Å². The lowest BCUT2D eigenvalue weighted by atomic mass is 10.1. The molecule has 3 aromatic rings. The van der Waals surface area contributed by atoms with Crippen LogP contribution in [0.5, 0.6) is 0 Å². The quantitative estimate of drug-likeness (QED) is 0.390. The van der Waals surface area contributed by atoms with Gasteiger partial charge >= 0.3 is 0 Å². The SMILES string of the molecule is CC(=O)c1ccc(NC(=Nc2cccc(C)c2C)n2sc(C)cc2=N)cc1. The van der Waals surface area contributed by atoms with Crippen LogP contribution in [0.2, 0.25) is 0 Å². The molecule has 0 fully saturated rings. The number of anilines is 1. The summed E-state index contributed by atoms with van der Waals surface area (Å²) in [5.41, 5.74) is 4.96. The minimum atomic E-state index is 0.0301. The summed E-state index contributed by atoms with van der Waals surface area (Å²) in [7, 11) is 0. The van der Waals surface area contributed by atoms with Gasteiger partial charge < -0.3 is 5.32 Å². The molecule has 1 heterocycles. The first-order chi connectivity index (χ1) is 12.8. The van der Waals surface area contributed by atoms with E-state index in [2.05, 4.69) is 18.3 Å². The third-order valence-electron chi connectivity index (χ3n) is 4.34. The molecular weight excluding hydrogens is 356 g/mol. The Bertz CT molecular complexity index is 1070. The molecule has 6 heteroatoms. The third kappa shape index (κ3) is 4.23. The monoisotopic (exact) mass is 378 g/mol. The molecule has 0 amide bonds. The molecule has 3 rings (SSSR count). The van der Waals surface area contributed by atoms with Gasteiger partial charge in [0.15, 0.2) is 5.78 Å². The minimum Gasteiger partial charge on any atom is -0.325 e. The largest absolute Gasteiger partial charge is 0.325 e. The lowest BCUT2D eigenvalue weighted by Crippen LogP contribution is -2.28. The second-order valence-electron chi connectivity index (χ2n) is 6.44. The van der Waals surface area contributed by atoms with Crippen LogP contribution in [0.25, 0.3) is 0 Å². The molecule has 0 bridgehead atoms. The van der Waals surface area contributed by atoms with Crippen molar-refractivity contribution in [3.05, 3.63) is 75.6 Å². The number of aromatic nitrogens is 1. The fourth-order valence-electron chi connectivity index (χ4n) is 2.64. The van der Waals surface area contributed by atoms with Gasteiger partial charge in [0.2, 0.25) is 5.96 Å². The standard InChI is InChI=1S/C21H22N4OS/c1-13-6-5-7-19(15(13)3)24-21(25-20(22)12-14(2)27-25)23-18-10-8-17(9-11-18)16(4)26/h5-12,22H,1-4H3,(H,23,24). The highest BCUT2D eigenvalue weighted by Crippen LogP contribution is 2.22. The Kier molecular flexibility index (Phi) is 5.37. The molecule has 2 N–H and O–H groups in total. The molecule has 1 aromatic heterocycles. The second kappa shape index (κ2) is 7.72. The summed E-state index contributed by atoms with van der Waals surface area (Å²) < 4.78 is 1.76. The zero-order valence-corrected chi connectivity index (χ0v) is 16.6. The van der Waals surface area contributed by atoms with E-state index in [0.29, 0.717) is 17.0 Å².